The molecule has 1 aromatic heterocycles. The number of anilines is 1. The number of carbonyl (C=O) groups excluding carboxylic acids is 2. The highest BCUT2D eigenvalue weighted by Crippen LogP contribution is 2.29. The molecule has 0 spiro atoms. The molecule has 7 heteroatoms. The largest absolute Gasteiger partial charge is 0.344 e. The van der Waals surface area contributed by atoms with Gasteiger partial charge in [-0.3, -0.25) is 14.9 Å². The van der Waals surface area contributed by atoms with E-state index in [1.54, 1.807) is 0 Å². The van der Waals surface area contributed by atoms with Crippen molar-refractivity contribution < 1.29 is 9.59 Å². The molecule has 1 aliphatic rings. The molecule has 1 aromatic carbocycles. The predicted molar refractivity (Wildman–Crippen MR) is 117 cm³/mol. The molecule has 1 fully saturated rings. The topological polar surface area (TPSA) is 84.0 Å². The minimum Gasteiger partial charge on any atom is -0.344 e. The standard InChI is InChI=1S/C22H30N4O2S/c1-14(2)19(23-18(27)12-11-16-8-4-5-9-16)20(28)24-22-26-25-21(29-22)17-10-6-7-15(3)13-17/h6-7,10,13-14,16,19H,4-5,8-9,11-12H2,1-3H3,(H,23,27)(H,24,26,28)/t19-/m1/s1. The summed E-state index contributed by atoms with van der Waals surface area (Å²) in [5, 5.41) is 15.2. The van der Waals surface area contributed by atoms with E-state index < -0.39 is 6.04 Å². The third-order valence-corrected chi connectivity index (χ3v) is 6.33. The maximum Gasteiger partial charge on any atom is 0.249 e. The lowest BCUT2D eigenvalue weighted by Gasteiger charge is -2.21. The molecule has 0 bridgehead atoms. The maximum absolute atomic E-state index is 12.8. The first-order valence-corrected chi connectivity index (χ1v) is 11.2. The van der Waals surface area contributed by atoms with Crippen LogP contribution in [0.15, 0.2) is 24.3 Å². The molecule has 156 valence electrons. The average molecular weight is 415 g/mol. The summed E-state index contributed by atoms with van der Waals surface area (Å²) in [4.78, 5) is 25.1. The van der Waals surface area contributed by atoms with Gasteiger partial charge in [-0.05, 0) is 31.2 Å². The van der Waals surface area contributed by atoms with Gasteiger partial charge < -0.3 is 5.32 Å². The summed E-state index contributed by atoms with van der Waals surface area (Å²) >= 11 is 1.33. The number of hydrogen-bond acceptors (Lipinski definition) is 5. The molecule has 1 saturated carbocycles. The minimum absolute atomic E-state index is 0.0189. The highest BCUT2D eigenvalue weighted by Gasteiger charge is 2.26. The van der Waals surface area contributed by atoms with Gasteiger partial charge in [0, 0.05) is 12.0 Å². The lowest BCUT2D eigenvalue weighted by Crippen LogP contribution is -2.47. The quantitative estimate of drug-likeness (QED) is 0.663. The summed E-state index contributed by atoms with van der Waals surface area (Å²) < 4.78 is 0. The van der Waals surface area contributed by atoms with Crippen molar-refractivity contribution in [3.05, 3.63) is 29.8 Å². The van der Waals surface area contributed by atoms with Crippen LogP contribution in [0.3, 0.4) is 0 Å². The zero-order chi connectivity index (χ0) is 20.8. The van der Waals surface area contributed by atoms with E-state index in [4.69, 9.17) is 0 Å². The minimum atomic E-state index is -0.586. The molecular weight excluding hydrogens is 384 g/mol. The Hall–Kier alpha value is -2.28. The molecule has 2 amide bonds. The molecule has 0 aliphatic heterocycles. The van der Waals surface area contributed by atoms with Gasteiger partial charge in [0.15, 0.2) is 0 Å². The molecule has 0 unspecified atom stereocenters. The summed E-state index contributed by atoms with van der Waals surface area (Å²) in [6.45, 7) is 5.88. The molecule has 0 saturated heterocycles. The van der Waals surface area contributed by atoms with Crippen LogP contribution < -0.4 is 10.6 Å². The number of nitrogens with zero attached hydrogens (tertiary/aromatic N) is 2. The molecule has 6 nitrogen and oxygen atoms in total. The Balaban J connectivity index is 1.57. The molecule has 2 aromatic rings. The Morgan fingerprint density at radius 1 is 1.21 bits per heavy atom. The normalized spacial score (nSPS) is 15.4. The number of nitrogens with one attached hydrogen (secondary N) is 2. The number of carbonyl (C=O) groups is 2. The SMILES string of the molecule is Cc1cccc(-c2nnc(NC(=O)[C@H](NC(=O)CCC3CCCC3)C(C)C)s2)c1. The lowest BCUT2D eigenvalue weighted by molar-refractivity contribution is -0.127. The van der Waals surface area contributed by atoms with Crippen molar-refractivity contribution in [3.8, 4) is 10.6 Å². The monoisotopic (exact) mass is 414 g/mol. The lowest BCUT2D eigenvalue weighted by atomic mass is 10.00. The second-order valence-electron chi connectivity index (χ2n) is 8.25. The van der Waals surface area contributed by atoms with Crippen LogP contribution in [-0.2, 0) is 9.59 Å². The molecule has 0 radical (unpaired) electrons. The van der Waals surface area contributed by atoms with E-state index in [1.165, 1.54) is 37.0 Å². The summed E-state index contributed by atoms with van der Waals surface area (Å²) in [7, 11) is 0. The first-order valence-electron chi connectivity index (χ1n) is 10.4. The zero-order valence-corrected chi connectivity index (χ0v) is 18.2. The van der Waals surface area contributed by atoms with Gasteiger partial charge in [0.2, 0.25) is 16.9 Å². The van der Waals surface area contributed by atoms with Crippen LogP contribution in [-0.4, -0.2) is 28.1 Å². The van der Waals surface area contributed by atoms with Gasteiger partial charge in [-0.15, -0.1) is 10.2 Å². The summed E-state index contributed by atoms with van der Waals surface area (Å²) in [5.74, 6) is 0.340. The van der Waals surface area contributed by atoms with Crippen LogP contribution in [0.1, 0.15) is 57.9 Å². The first-order chi connectivity index (χ1) is 13.9. The second kappa shape index (κ2) is 9.96. The van der Waals surface area contributed by atoms with E-state index in [0.29, 0.717) is 17.5 Å². The highest BCUT2D eigenvalue weighted by molar-refractivity contribution is 7.18. The number of aromatic nitrogens is 2. The molecule has 1 aliphatic carbocycles. The van der Waals surface area contributed by atoms with Crippen molar-refractivity contribution in [1.29, 1.82) is 0 Å². The van der Waals surface area contributed by atoms with Crippen LogP contribution in [0.25, 0.3) is 10.6 Å². The Morgan fingerprint density at radius 2 is 1.97 bits per heavy atom. The van der Waals surface area contributed by atoms with Gasteiger partial charge in [-0.1, -0.05) is 74.6 Å². The molecule has 2 N–H and O–H groups in total. The van der Waals surface area contributed by atoms with Crippen molar-refractivity contribution in [2.75, 3.05) is 5.32 Å². The van der Waals surface area contributed by atoms with E-state index >= 15 is 0 Å². The van der Waals surface area contributed by atoms with E-state index in [0.717, 1.165) is 22.6 Å². The number of hydrogen-bond donors (Lipinski definition) is 2. The van der Waals surface area contributed by atoms with Crippen molar-refractivity contribution in [3.63, 3.8) is 0 Å². The molecule has 1 heterocycles. The van der Waals surface area contributed by atoms with Crippen molar-refractivity contribution in [1.82, 2.24) is 15.5 Å². The number of benzene rings is 1. The Kier molecular flexibility index (Phi) is 7.36. The number of aryl methyl sites for hydroxylation is 1. The van der Waals surface area contributed by atoms with Crippen LogP contribution >= 0.6 is 11.3 Å². The van der Waals surface area contributed by atoms with E-state index in [1.807, 2.05) is 45.0 Å². The maximum atomic E-state index is 12.8. The summed E-state index contributed by atoms with van der Waals surface area (Å²) in [6.07, 6.45) is 6.39. The first kappa shape index (κ1) is 21.4. The van der Waals surface area contributed by atoms with Gasteiger partial charge in [0.25, 0.3) is 0 Å². The van der Waals surface area contributed by atoms with E-state index in [-0.39, 0.29) is 17.7 Å². The Labute approximate surface area is 176 Å². The van der Waals surface area contributed by atoms with Crippen LogP contribution in [0.4, 0.5) is 5.13 Å². The third kappa shape index (κ3) is 6.10. The molecule has 1 atom stereocenters. The van der Waals surface area contributed by atoms with Crippen molar-refractivity contribution in [2.45, 2.75) is 65.3 Å². The van der Waals surface area contributed by atoms with Crippen LogP contribution in [0.5, 0.6) is 0 Å². The van der Waals surface area contributed by atoms with Crippen molar-refractivity contribution in [2.24, 2.45) is 11.8 Å². The fraction of sp³-hybridized carbons (Fsp3) is 0.545. The average Bonchev–Trinajstić information content (AvgIpc) is 3.36. The predicted octanol–water partition coefficient (Wildman–Crippen LogP) is 4.56. The Bertz CT molecular complexity index is 843. The fourth-order valence-electron chi connectivity index (χ4n) is 3.77. The Morgan fingerprint density at radius 3 is 2.66 bits per heavy atom. The van der Waals surface area contributed by atoms with E-state index in [2.05, 4.69) is 20.8 Å². The van der Waals surface area contributed by atoms with Gasteiger partial charge in [-0.25, -0.2) is 0 Å². The summed E-state index contributed by atoms with van der Waals surface area (Å²) in [5.41, 5.74) is 2.12. The second-order valence-corrected chi connectivity index (χ2v) is 9.23. The van der Waals surface area contributed by atoms with Crippen LogP contribution in [0, 0.1) is 18.8 Å². The summed E-state index contributed by atoms with van der Waals surface area (Å²) in [6, 6.07) is 7.42. The molecule has 3 rings (SSSR count). The van der Waals surface area contributed by atoms with Crippen molar-refractivity contribution >= 4 is 28.3 Å². The van der Waals surface area contributed by atoms with Gasteiger partial charge >= 0.3 is 0 Å². The van der Waals surface area contributed by atoms with Gasteiger partial charge in [0.05, 0.1) is 0 Å². The van der Waals surface area contributed by atoms with Crippen LogP contribution in [0.2, 0.25) is 0 Å². The smallest absolute Gasteiger partial charge is 0.249 e. The zero-order valence-electron chi connectivity index (χ0n) is 17.4. The number of rotatable bonds is 8. The highest BCUT2D eigenvalue weighted by atomic mass is 32.1. The molecule has 29 heavy (non-hydrogen) atoms. The number of amides is 2. The van der Waals surface area contributed by atoms with Gasteiger partial charge in [-0.2, -0.15) is 0 Å². The molecular formula is C22H30N4O2S. The third-order valence-electron chi connectivity index (χ3n) is 5.44. The van der Waals surface area contributed by atoms with Gasteiger partial charge in [0.1, 0.15) is 11.0 Å². The van der Waals surface area contributed by atoms with E-state index in [9.17, 15) is 9.59 Å². The fourth-order valence-corrected chi connectivity index (χ4v) is 4.51.